The molecule has 0 unspecified atom stereocenters. The lowest BCUT2D eigenvalue weighted by molar-refractivity contribution is 0.466. The minimum Gasteiger partial charge on any atom is -0.0919 e. The molecule has 1 aliphatic carbocycles. The van der Waals surface area contributed by atoms with Gasteiger partial charge in [-0.15, -0.1) is 0 Å². The van der Waals surface area contributed by atoms with Crippen LogP contribution in [0.3, 0.4) is 0 Å². The van der Waals surface area contributed by atoms with Gasteiger partial charge in [0.1, 0.15) is 0 Å². The molecule has 0 amide bonds. The molecule has 2 heteroatoms. The van der Waals surface area contributed by atoms with Gasteiger partial charge in [0, 0.05) is 0 Å². The smallest absolute Gasteiger partial charge is 0.0144 e. The van der Waals surface area contributed by atoms with E-state index in [1.807, 2.05) is 0 Å². The molecule has 1 rings (SSSR count). The third-order valence-electron chi connectivity index (χ3n) is 8.45. The summed E-state index contributed by atoms with van der Waals surface area (Å²) >= 11 is 0. The van der Waals surface area contributed by atoms with Crippen LogP contribution < -0.4 is 0 Å². The molecular formula is C30H62P2. The Balaban J connectivity index is 3.16. The van der Waals surface area contributed by atoms with E-state index in [1.54, 1.807) is 0 Å². The topological polar surface area (TPSA) is 0 Å². The van der Waals surface area contributed by atoms with Crippen LogP contribution in [0.15, 0.2) is 0 Å². The fourth-order valence-corrected chi connectivity index (χ4v) is 18.8. The molecule has 0 spiro atoms. The van der Waals surface area contributed by atoms with Gasteiger partial charge < -0.3 is 0 Å². The molecule has 0 aliphatic heterocycles. The lowest BCUT2D eigenvalue weighted by Crippen LogP contribution is -2.40. The Morgan fingerprint density at radius 3 is 0.781 bits per heavy atom. The number of rotatable bonds is 14. The van der Waals surface area contributed by atoms with Crippen molar-refractivity contribution in [3.8, 4) is 0 Å². The Bertz CT molecular complexity index is 439. The van der Waals surface area contributed by atoms with E-state index in [0.29, 0.717) is 20.6 Å². The van der Waals surface area contributed by atoms with E-state index in [0.717, 1.165) is 11.3 Å². The third-order valence-corrected chi connectivity index (χ3v) is 17.1. The molecule has 1 fully saturated rings. The number of hydrogen-bond donors (Lipinski definition) is 0. The van der Waals surface area contributed by atoms with E-state index in [9.17, 15) is 0 Å². The van der Waals surface area contributed by atoms with Crippen molar-refractivity contribution in [3.05, 3.63) is 0 Å². The van der Waals surface area contributed by atoms with Crippen LogP contribution in [-0.2, 0) is 0 Å². The first-order valence-electron chi connectivity index (χ1n) is 14.3. The van der Waals surface area contributed by atoms with Gasteiger partial charge in [0.25, 0.3) is 0 Å². The summed E-state index contributed by atoms with van der Waals surface area (Å²) in [6.07, 6.45) is 17.0. The summed E-state index contributed by atoms with van der Waals surface area (Å²) in [5.41, 5.74) is 1.98. The monoisotopic (exact) mass is 484 g/mol. The third kappa shape index (κ3) is 7.94. The highest BCUT2D eigenvalue weighted by atomic mass is 31.1. The molecule has 0 aromatic heterocycles. The second-order valence-corrected chi connectivity index (χ2v) is 21.2. The standard InChI is InChI=1S/C30H62P2/c1-13-21-27(5,6)31(28(7,8)22-14-2)25-17-19-26(20-18-25)32(29(9,10)23-15-3)30(11,12)24-16-4/h25-26H,13-24H2,1-12H3. The molecule has 0 aromatic carbocycles. The van der Waals surface area contributed by atoms with Gasteiger partial charge in [-0.1, -0.05) is 125 Å². The summed E-state index contributed by atoms with van der Waals surface area (Å²) in [6, 6.07) is 0. The molecule has 32 heavy (non-hydrogen) atoms. The van der Waals surface area contributed by atoms with Crippen LogP contribution in [0.2, 0.25) is 0 Å². The zero-order chi connectivity index (χ0) is 24.8. The van der Waals surface area contributed by atoms with Crippen LogP contribution in [0.5, 0.6) is 0 Å². The zero-order valence-corrected chi connectivity index (χ0v) is 26.3. The van der Waals surface area contributed by atoms with E-state index in [-0.39, 0.29) is 15.8 Å². The predicted octanol–water partition coefficient (Wildman–Crippen LogP) is 11.6. The first kappa shape index (κ1) is 30.9. The van der Waals surface area contributed by atoms with Crippen molar-refractivity contribution in [2.75, 3.05) is 0 Å². The molecule has 1 saturated carbocycles. The van der Waals surface area contributed by atoms with Crippen LogP contribution in [0.25, 0.3) is 0 Å². The zero-order valence-electron chi connectivity index (χ0n) is 24.5. The Morgan fingerprint density at radius 2 is 0.625 bits per heavy atom. The largest absolute Gasteiger partial charge is 0.0919 e. The average Bonchev–Trinajstić information content (AvgIpc) is 2.62. The molecule has 0 saturated heterocycles. The van der Waals surface area contributed by atoms with Gasteiger partial charge in [0.2, 0.25) is 0 Å². The highest BCUT2D eigenvalue weighted by molar-refractivity contribution is 7.62. The molecule has 0 N–H and O–H groups in total. The molecule has 0 radical (unpaired) electrons. The summed E-state index contributed by atoms with van der Waals surface area (Å²) in [7, 11) is 0.0443. The maximum Gasteiger partial charge on any atom is -0.0144 e. The highest BCUT2D eigenvalue weighted by Gasteiger charge is 2.48. The van der Waals surface area contributed by atoms with Crippen molar-refractivity contribution < 1.29 is 0 Å². The average molecular weight is 485 g/mol. The quantitative estimate of drug-likeness (QED) is 0.215. The predicted molar refractivity (Wildman–Crippen MR) is 156 cm³/mol. The maximum absolute atomic E-state index is 2.63. The Kier molecular flexibility index (Phi) is 12.3. The van der Waals surface area contributed by atoms with Gasteiger partial charge >= 0.3 is 0 Å². The summed E-state index contributed by atoms with van der Waals surface area (Å²) in [6.45, 7) is 30.7. The first-order valence-corrected chi connectivity index (χ1v) is 17.1. The molecule has 0 nitrogen and oxygen atoms in total. The van der Waals surface area contributed by atoms with Gasteiger partial charge in [-0.3, -0.25) is 0 Å². The summed E-state index contributed by atoms with van der Waals surface area (Å²) < 4.78 is 0. The van der Waals surface area contributed by atoms with Gasteiger partial charge in [-0.2, -0.15) is 0 Å². The summed E-state index contributed by atoms with van der Waals surface area (Å²) in [5, 5.41) is 2.09. The fourth-order valence-electron chi connectivity index (χ4n) is 8.12. The van der Waals surface area contributed by atoms with E-state index in [1.165, 1.54) is 77.0 Å². The minimum atomic E-state index is 0.0222. The van der Waals surface area contributed by atoms with Crippen molar-refractivity contribution in [3.63, 3.8) is 0 Å². The molecule has 0 heterocycles. The second kappa shape index (κ2) is 12.7. The van der Waals surface area contributed by atoms with Crippen LogP contribution in [0.1, 0.15) is 160 Å². The molecule has 1 aliphatic rings. The molecular weight excluding hydrogens is 422 g/mol. The fraction of sp³-hybridized carbons (Fsp3) is 1.00. The van der Waals surface area contributed by atoms with Crippen LogP contribution in [-0.4, -0.2) is 31.9 Å². The van der Waals surface area contributed by atoms with Crippen molar-refractivity contribution in [2.24, 2.45) is 0 Å². The van der Waals surface area contributed by atoms with Crippen molar-refractivity contribution in [2.45, 2.75) is 192 Å². The minimum absolute atomic E-state index is 0.0222. The lowest BCUT2D eigenvalue weighted by atomic mass is 9.99. The normalized spacial score (nSPS) is 21.6. The molecule has 0 atom stereocenters. The maximum atomic E-state index is 2.63. The van der Waals surface area contributed by atoms with Crippen LogP contribution >= 0.6 is 15.8 Å². The van der Waals surface area contributed by atoms with Gasteiger partial charge in [-0.25, -0.2) is 0 Å². The van der Waals surface area contributed by atoms with E-state index >= 15 is 0 Å². The summed E-state index contributed by atoms with van der Waals surface area (Å²) in [5.74, 6) is 0. The molecule has 0 bridgehead atoms. The molecule has 0 aromatic rings. The lowest BCUT2D eigenvalue weighted by Gasteiger charge is -2.55. The number of hydrogen-bond acceptors (Lipinski definition) is 0. The Hall–Kier alpha value is 0.860. The van der Waals surface area contributed by atoms with Crippen molar-refractivity contribution in [1.82, 2.24) is 0 Å². The van der Waals surface area contributed by atoms with E-state index in [2.05, 4.69) is 83.1 Å². The Morgan fingerprint density at radius 1 is 0.438 bits per heavy atom. The van der Waals surface area contributed by atoms with Gasteiger partial charge in [0.15, 0.2) is 0 Å². The van der Waals surface area contributed by atoms with Gasteiger partial charge in [0.05, 0.1) is 0 Å². The van der Waals surface area contributed by atoms with Crippen LogP contribution in [0, 0.1) is 0 Å². The SMILES string of the molecule is CCCC(C)(C)P(C1CCC(P(C(C)(C)CCC)C(C)(C)CCC)CC1)C(C)(C)CCC. The Labute approximate surface area is 207 Å². The van der Waals surface area contributed by atoms with Crippen LogP contribution in [0.4, 0.5) is 0 Å². The van der Waals surface area contributed by atoms with Crippen molar-refractivity contribution >= 4 is 15.8 Å². The highest BCUT2D eigenvalue weighted by Crippen LogP contribution is 2.72. The van der Waals surface area contributed by atoms with E-state index < -0.39 is 0 Å². The second-order valence-electron chi connectivity index (χ2n) is 13.5. The van der Waals surface area contributed by atoms with E-state index in [4.69, 9.17) is 0 Å². The first-order chi connectivity index (χ1) is 14.7. The van der Waals surface area contributed by atoms with Crippen molar-refractivity contribution in [1.29, 1.82) is 0 Å². The van der Waals surface area contributed by atoms with Gasteiger partial charge in [-0.05, 0) is 83.3 Å². The molecule has 192 valence electrons. The summed E-state index contributed by atoms with van der Waals surface area (Å²) in [4.78, 5) is 0.